The second-order valence-electron chi connectivity index (χ2n) is 5.87. The molecule has 21 heavy (non-hydrogen) atoms. The van der Waals surface area contributed by atoms with Crippen molar-refractivity contribution in [1.29, 1.82) is 0 Å². The summed E-state index contributed by atoms with van der Waals surface area (Å²) < 4.78 is 6.21. The molecule has 0 saturated carbocycles. The van der Waals surface area contributed by atoms with Gasteiger partial charge >= 0.3 is 6.09 Å². The summed E-state index contributed by atoms with van der Waals surface area (Å²) >= 11 is 3.45. The average molecular weight is 351 g/mol. The summed E-state index contributed by atoms with van der Waals surface area (Å²) in [5.41, 5.74) is 3.31. The molecule has 1 aliphatic heterocycles. The minimum Gasteiger partial charge on any atom is -0.444 e. The molecule has 0 aromatic heterocycles. The van der Waals surface area contributed by atoms with E-state index in [1.54, 1.807) is 0 Å². The molecule has 0 bridgehead atoms. The number of benzene rings is 1. The Morgan fingerprint density at radius 1 is 1.43 bits per heavy atom. The Bertz CT molecular complexity index is 615. The van der Waals surface area contributed by atoms with Crippen LogP contribution in [0.25, 0.3) is 5.57 Å². The number of anilines is 1. The first-order valence-electron chi connectivity index (χ1n) is 6.68. The molecule has 1 aliphatic rings. The molecule has 0 aliphatic carbocycles. The van der Waals surface area contributed by atoms with Gasteiger partial charge in [-0.3, -0.25) is 0 Å². The highest BCUT2D eigenvalue weighted by Crippen LogP contribution is 2.32. The van der Waals surface area contributed by atoms with Crippen LogP contribution in [0.2, 0.25) is 0 Å². The van der Waals surface area contributed by atoms with E-state index in [1.807, 2.05) is 45.0 Å². The van der Waals surface area contributed by atoms with Crippen molar-refractivity contribution in [2.24, 2.45) is 0 Å². The van der Waals surface area contributed by atoms with E-state index < -0.39 is 11.7 Å². The fraction of sp³-hybridized carbons (Fsp3) is 0.312. The number of hydrogen-bond acceptors (Lipinski definition) is 3. The first-order valence-corrected chi connectivity index (χ1v) is 7.47. The van der Waals surface area contributed by atoms with E-state index in [0.717, 1.165) is 27.0 Å². The number of allylic oxidation sites excluding steroid dienone is 2. The Labute approximate surface area is 133 Å². The molecule has 1 aromatic carbocycles. The lowest BCUT2D eigenvalue weighted by atomic mass is 10.0. The third-order valence-corrected chi connectivity index (χ3v) is 3.29. The molecule has 112 valence electrons. The van der Waals surface area contributed by atoms with Gasteiger partial charge in [0.15, 0.2) is 0 Å². The van der Waals surface area contributed by atoms with Gasteiger partial charge in [0.25, 0.3) is 0 Å². The highest BCUT2D eigenvalue weighted by molar-refractivity contribution is 9.10. The van der Waals surface area contributed by atoms with Gasteiger partial charge in [0.05, 0.1) is 6.54 Å². The molecule has 2 rings (SSSR count). The summed E-state index contributed by atoms with van der Waals surface area (Å²) in [5.74, 6) is 0. The van der Waals surface area contributed by atoms with Crippen LogP contribution in [0.3, 0.4) is 0 Å². The third-order valence-electron chi connectivity index (χ3n) is 2.79. The van der Waals surface area contributed by atoms with E-state index in [9.17, 15) is 4.79 Å². The number of ether oxygens (including phenoxy) is 1. The maximum atomic E-state index is 11.7. The first-order chi connectivity index (χ1) is 9.74. The van der Waals surface area contributed by atoms with Crippen LogP contribution in [0.5, 0.6) is 0 Å². The molecule has 4 nitrogen and oxygen atoms in total. The van der Waals surface area contributed by atoms with Crippen LogP contribution in [-0.2, 0) is 4.74 Å². The Balaban J connectivity index is 2.00. The quantitative estimate of drug-likeness (QED) is 0.835. The van der Waals surface area contributed by atoms with Crippen molar-refractivity contribution in [3.63, 3.8) is 0 Å². The zero-order valence-electron chi connectivity index (χ0n) is 12.4. The van der Waals surface area contributed by atoms with E-state index in [1.165, 1.54) is 0 Å². The molecule has 1 heterocycles. The fourth-order valence-corrected chi connectivity index (χ4v) is 2.33. The summed E-state index contributed by atoms with van der Waals surface area (Å²) in [6.45, 7) is 9.92. The third kappa shape index (κ3) is 4.36. The molecule has 0 radical (unpaired) electrons. The van der Waals surface area contributed by atoms with Gasteiger partial charge in [0.1, 0.15) is 5.60 Å². The van der Waals surface area contributed by atoms with Crippen molar-refractivity contribution in [3.8, 4) is 0 Å². The molecule has 0 spiro atoms. The Morgan fingerprint density at radius 3 is 2.81 bits per heavy atom. The normalized spacial score (nSPS) is 13.9. The van der Waals surface area contributed by atoms with Gasteiger partial charge in [0, 0.05) is 21.4 Å². The van der Waals surface area contributed by atoms with Crippen LogP contribution in [0, 0.1) is 0 Å². The second-order valence-corrected chi connectivity index (χ2v) is 6.78. The molecule has 0 atom stereocenters. The van der Waals surface area contributed by atoms with Crippen LogP contribution < -0.4 is 10.6 Å². The standard InChI is InChI=1S/C16H19BrN2O2/c1-10-7-12(9-18-15(20)21-16(2,3)4)19-14-6-5-11(17)8-13(10)14/h5-8,19H,1,9H2,2-4H3,(H,18,20). The van der Waals surface area contributed by atoms with Crippen LogP contribution in [0.15, 0.2) is 41.0 Å². The highest BCUT2D eigenvalue weighted by Gasteiger charge is 2.17. The van der Waals surface area contributed by atoms with Gasteiger partial charge in [0.2, 0.25) is 0 Å². The molecule has 5 heteroatoms. The summed E-state index contributed by atoms with van der Waals surface area (Å²) in [5, 5.41) is 6.01. The molecular weight excluding hydrogens is 332 g/mol. The maximum absolute atomic E-state index is 11.7. The van der Waals surface area contributed by atoms with Crippen molar-refractivity contribution >= 4 is 33.3 Å². The predicted molar refractivity (Wildman–Crippen MR) is 89.1 cm³/mol. The molecule has 0 unspecified atom stereocenters. The van der Waals surface area contributed by atoms with Crippen molar-refractivity contribution < 1.29 is 9.53 Å². The number of halogens is 1. The van der Waals surface area contributed by atoms with Crippen molar-refractivity contribution in [2.75, 3.05) is 11.9 Å². The SMILES string of the molecule is C=C1C=C(CNC(=O)OC(C)(C)C)Nc2ccc(Br)cc21. The van der Waals surface area contributed by atoms with Crippen LogP contribution in [-0.4, -0.2) is 18.2 Å². The number of nitrogens with one attached hydrogen (secondary N) is 2. The number of hydrogen-bond donors (Lipinski definition) is 2. The lowest BCUT2D eigenvalue weighted by Crippen LogP contribution is -2.34. The van der Waals surface area contributed by atoms with E-state index >= 15 is 0 Å². The molecule has 1 amide bonds. The summed E-state index contributed by atoms with van der Waals surface area (Å²) in [4.78, 5) is 11.7. The average Bonchev–Trinajstić information content (AvgIpc) is 2.35. The van der Waals surface area contributed by atoms with Gasteiger partial charge < -0.3 is 15.4 Å². The number of carbonyl (C=O) groups excluding carboxylic acids is 1. The van der Waals surface area contributed by atoms with Crippen molar-refractivity contribution in [1.82, 2.24) is 5.32 Å². The minimum absolute atomic E-state index is 0.365. The zero-order chi connectivity index (χ0) is 15.6. The van der Waals surface area contributed by atoms with Gasteiger partial charge in [-0.05, 0) is 50.6 Å². The van der Waals surface area contributed by atoms with Gasteiger partial charge in [-0.15, -0.1) is 0 Å². The summed E-state index contributed by atoms with van der Waals surface area (Å²) in [7, 11) is 0. The van der Waals surface area contributed by atoms with Gasteiger partial charge in [-0.2, -0.15) is 0 Å². The number of alkyl carbamates (subject to hydrolysis) is 1. The fourth-order valence-electron chi connectivity index (χ4n) is 1.97. The van der Waals surface area contributed by atoms with Gasteiger partial charge in [-0.1, -0.05) is 22.5 Å². The number of rotatable bonds is 2. The number of carbonyl (C=O) groups is 1. The lowest BCUT2D eigenvalue weighted by Gasteiger charge is -2.23. The maximum Gasteiger partial charge on any atom is 0.407 e. The zero-order valence-corrected chi connectivity index (χ0v) is 14.0. The topological polar surface area (TPSA) is 50.4 Å². The molecule has 0 fully saturated rings. The predicted octanol–water partition coefficient (Wildman–Crippen LogP) is 4.30. The molecule has 2 N–H and O–H groups in total. The van der Waals surface area contributed by atoms with Crippen molar-refractivity contribution in [3.05, 3.63) is 46.6 Å². The Hall–Kier alpha value is -1.75. The number of fused-ring (bicyclic) bond motifs is 1. The van der Waals surface area contributed by atoms with Crippen LogP contribution in [0.1, 0.15) is 26.3 Å². The van der Waals surface area contributed by atoms with E-state index in [0.29, 0.717) is 6.54 Å². The minimum atomic E-state index is -0.499. The van der Waals surface area contributed by atoms with E-state index in [-0.39, 0.29) is 0 Å². The summed E-state index contributed by atoms with van der Waals surface area (Å²) in [6.07, 6.45) is 1.49. The second kappa shape index (κ2) is 5.93. The number of amides is 1. The molecular formula is C16H19BrN2O2. The van der Waals surface area contributed by atoms with E-state index in [4.69, 9.17) is 4.74 Å². The highest BCUT2D eigenvalue weighted by atomic mass is 79.9. The van der Waals surface area contributed by atoms with Crippen LogP contribution in [0.4, 0.5) is 10.5 Å². The largest absolute Gasteiger partial charge is 0.444 e. The first kappa shape index (κ1) is 15.6. The molecule has 0 saturated heterocycles. The van der Waals surface area contributed by atoms with Crippen molar-refractivity contribution in [2.45, 2.75) is 26.4 Å². The smallest absolute Gasteiger partial charge is 0.407 e. The summed E-state index contributed by atoms with van der Waals surface area (Å²) in [6, 6.07) is 5.95. The molecule has 1 aromatic rings. The van der Waals surface area contributed by atoms with Gasteiger partial charge in [-0.25, -0.2) is 4.79 Å². The van der Waals surface area contributed by atoms with E-state index in [2.05, 4.69) is 33.1 Å². The lowest BCUT2D eigenvalue weighted by molar-refractivity contribution is 0.0533. The Morgan fingerprint density at radius 2 is 2.14 bits per heavy atom. The van der Waals surface area contributed by atoms with Crippen LogP contribution >= 0.6 is 15.9 Å². The Kier molecular flexibility index (Phi) is 4.42. The monoisotopic (exact) mass is 350 g/mol.